The summed E-state index contributed by atoms with van der Waals surface area (Å²) in [5.41, 5.74) is 3.31. The van der Waals surface area contributed by atoms with Crippen LogP contribution in [0.3, 0.4) is 0 Å². The third-order valence-corrected chi connectivity index (χ3v) is 6.90. The summed E-state index contributed by atoms with van der Waals surface area (Å²) < 4.78 is 17.8. The summed E-state index contributed by atoms with van der Waals surface area (Å²) in [6.07, 6.45) is 3.43. The molecule has 176 valence electrons. The van der Waals surface area contributed by atoms with E-state index in [0.717, 1.165) is 16.9 Å². The Morgan fingerprint density at radius 2 is 1.91 bits per heavy atom. The van der Waals surface area contributed by atoms with Gasteiger partial charge in [0.15, 0.2) is 5.16 Å². The molecule has 0 spiro atoms. The molecular formula is C24H22Cl2FN5OS. The van der Waals surface area contributed by atoms with Gasteiger partial charge in [-0.25, -0.2) is 9.37 Å². The van der Waals surface area contributed by atoms with Crippen molar-refractivity contribution < 1.29 is 9.18 Å². The molecule has 0 unspecified atom stereocenters. The van der Waals surface area contributed by atoms with Crippen LogP contribution in [0, 0.1) is 12.7 Å². The molecule has 0 bridgehead atoms. The van der Waals surface area contributed by atoms with Gasteiger partial charge in [-0.3, -0.25) is 14.0 Å². The summed E-state index contributed by atoms with van der Waals surface area (Å²) in [5, 5.41) is 5.81. The molecule has 4 aromatic rings. The van der Waals surface area contributed by atoms with Crippen molar-refractivity contribution in [2.75, 3.05) is 7.05 Å². The average molecular weight is 518 g/mol. The van der Waals surface area contributed by atoms with E-state index in [-0.39, 0.29) is 17.5 Å². The van der Waals surface area contributed by atoms with Crippen LogP contribution in [0.25, 0.3) is 5.69 Å². The standard InChI is InChI=1S/C24H22Cl2FN5OS/c1-15-16(13-31(3)29-15)12-30(2)23(33)22-11-28-24(32(22)18-9-7-17(25)8-10-18)34-14-19-20(26)5-4-6-21(19)27/h4-11,13H,12,14H2,1-3H3. The van der Waals surface area contributed by atoms with E-state index in [2.05, 4.69) is 10.1 Å². The molecule has 0 saturated carbocycles. The predicted octanol–water partition coefficient (Wildman–Crippen LogP) is 5.92. The molecular weight excluding hydrogens is 496 g/mol. The van der Waals surface area contributed by atoms with Crippen molar-refractivity contribution in [2.45, 2.75) is 24.4 Å². The monoisotopic (exact) mass is 517 g/mol. The third kappa shape index (κ3) is 5.14. The lowest BCUT2D eigenvalue weighted by molar-refractivity contribution is 0.0776. The first kappa shape index (κ1) is 24.3. The number of aromatic nitrogens is 4. The lowest BCUT2D eigenvalue weighted by Gasteiger charge is -2.19. The molecule has 0 aliphatic rings. The summed E-state index contributed by atoms with van der Waals surface area (Å²) in [4.78, 5) is 19.6. The number of hydrogen-bond donors (Lipinski definition) is 0. The van der Waals surface area contributed by atoms with E-state index in [9.17, 15) is 9.18 Å². The lowest BCUT2D eigenvalue weighted by atomic mass is 10.2. The van der Waals surface area contributed by atoms with E-state index < -0.39 is 0 Å². The number of carbonyl (C=O) groups excluding carboxylic acids is 1. The minimum atomic E-state index is -0.382. The molecule has 0 aliphatic heterocycles. The van der Waals surface area contributed by atoms with Crippen LogP contribution in [0.5, 0.6) is 0 Å². The first-order valence-electron chi connectivity index (χ1n) is 10.4. The van der Waals surface area contributed by atoms with Gasteiger partial charge in [0.05, 0.1) is 11.9 Å². The van der Waals surface area contributed by atoms with Gasteiger partial charge in [-0.15, -0.1) is 0 Å². The highest BCUT2D eigenvalue weighted by molar-refractivity contribution is 7.98. The highest BCUT2D eigenvalue weighted by Crippen LogP contribution is 2.31. The van der Waals surface area contributed by atoms with Gasteiger partial charge in [0.1, 0.15) is 11.5 Å². The molecule has 0 radical (unpaired) electrons. The Morgan fingerprint density at radius 3 is 2.56 bits per heavy atom. The highest BCUT2D eigenvalue weighted by Gasteiger charge is 2.23. The van der Waals surface area contributed by atoms with E-state index in [4.69, 9.17) is 23.2 Å². The van der Waals surface area contributed by atoms with Crippen LogP contribution in [0.4, 0.5) is 4.39 Å². The van der Waals surface area contributed by atoms with Gasteiger partial charge in [0, 0.05) is 59.4 Å². The van der Waals surface area contributed by atoms with Gasteiger partial charge in [-0.2, -0.15) is 5.10 Å². The largest absolute Gasteiger partial charge is 0.336 e. The van der Waals surface area contributed by atoms with Gasteiger partial charge < -0.3 is 4.90 Å². The molecule has 2 heterocycles. The van der Waals surface area contributed by atoms with Crippen molar-refractivity contribution in [1.82, 2.24) is 24.2 Å². The second-order valence-electron chi connectivity index (χ2n) is 7.80. The van der Waals surface area contributed by atoms with E-state index in [0.29, 0.717) is 33.0 Å². The molecule has 6 nitrogen and oxygen atoms in total. The van der Waals surface area contributed by atoms with Crippen LogP contribution in [0.1, 0.15) is 27.3 Å². The molecule has 2 aromatic carbocycles. The quantitative estimate of drug-likeness (QED) is 0.285. The van der Waals surface area contributed by atoms with Crippen molar-refractivity contribution >= 4 is 40.9 Å². The Balaban J connectivity index is 1.67. The maximum atomic E-state index is 14.3. The van der Waals surface area contributed by atoms with Gasteiger partial charge >= 0.3 is 0 Å². The van der Waals surface area contributed by atoms with Crippen LogP contribution in [-0.2, 0) is 19.3 Å². The number of aryl methyl sites for hydroxylation is 2. The molecule has 1 amide bonds. The molecule has 0 saturated heterocycles. The van der Waals surface area contributed by atoms with Crippen LogP contribution in [0.15, 0.2) is 60.0 Å². The number of nitrogens with zero attached hydrogens (tertiary/aromatic N) is 5. The molecule has 0 aliphatic carbocycles. The third-order valence-electron chi connectivity index (χ3n) is 5.31. The van der Waals surface area contributed by atoms with Gasteiger partial charge in [-0.05, 0) is 43.3 Å². The summed E-state index contributed by atoms with van der Waals surface area (Å²) in [7, 11) is 3.58. The van der Waals surface area contributed by atoms with Crippen molar-refractivity contribution in [2.24, 2.45) is 7.05 Å². The molecule has 0 fully saturated rings. The highest BCUT2D eigenvalue weighted by atomic mass is 35.5. The second kappa shape index (κ2) is 10.2. The number of halogens is 3. The average Bonchev–Trinajstić information content (AvgIpc) is 3.35. The Bertz CT molecular complexity index is 1320. The first-order chi connectivity index (χ1) is 16.2. The Kier molecular flexibility index (Phi) is 7.30. The van der Waals surface area contributed by atoms with Crippen molar-refractivity contribution in [1.29, 1.82) is 0 Å². The summed E-state index contributed by atoms with van der Waals surface area (Å²) in [6.45, 7) is 2.31. The number of hydrogen-bond acceptors (Lipinski definition) is 4. The number of carbonyl (C=O) groups is 1. The SMILES string of the molecule is Cc1nn(C)cc1CN(C)C(=O)c1cnc(SCc2c(F)cccc2Cl)n1-c1ccc(Cl)cc1. The van der Waals surface area contributed by atoms with Gasteiger partial charge in [-0.1, -0.05) is 41.0 Å². The maximum Gasteiger partial charge on any atom is 0.272 e. The van der Waals surface area contributed by atoms with E-state index in [1.54, 1.807) is 45.5 Å². The Labute approximate surface area is 211 Å². The Morgan fingerprint density at radius 1 is 1.18 bits per heavy atom. The van der Waals surface area contributed by atoms with Crippen molar-refractivity contribution in [3.05, 3.63) is 93.2 Å². The Hall–Kier alpha value is -2.81. The minimum absolute atomic E-state index is 0.207. The van der Waals surface area contributed by atoms with Crippen LogP contribution in [0.2, 0.25) is 10.0 Å². The molecule has 2 aromatic heterocycles. The lowest BCUT2D eigenvalue weighted by Crippen LogP contribution is -2.28. The smallest absolute Gasteiger partial charge is 0.272 e. The number of amides is 1. The topological polar surface area (TPSA) is 56.0 Å². The predicted molar refractivity (Wildman–Crippen MR) is 133 cm³/mol. The first-order valence-corrected chi connectivity index (χ1v) is 12.1. The maximum absolute atomic E-state index is 14.3. The number of rotatable bonds is 7. The number of benzene rings is 2. The minimum Gasteiger partial charge on any atom is -0.336 e. The van der Waals surface area contributed by atoms with Crippen molar-refractivity contribution in [3.8, 4) is 5.69 Å². The molecule has 4 rings (SSSR count). The zero-order chi connectivity index (χ0) is 24.4. The van der Waals surface area contributed by atoms with Crippen LogP contribution >= 0.6 is 35.0 Å². The van der Waals surface area contributed by atoms with E-state index in [1.807, 2.05) is 32.3 Å². The van der Waals surface area contributed by atoms with Crippen LogP contribution in [-0.4, -0.2) is 37.2 Å². The summed E-state index contributed by atoms with van der Waals surface area (Å²) >= 11 is 13.6. The summed E-state index contributed by atoms with van der Waals surface area (Å²) in [6, 6.07) is 11.7. The fourth-order valence-electron chi connectivity index (χ4n) is 3.56. The van der Waals surface area contributed by atoms with Gasteiger partial charge in [0.2, 0.25) is 0 Å². The zero-order valence-corrected chi connectivity index (χ0v) is 21.1. The summed E-state index contributed by atoms with van der Waals surface area (Å²) in [5.74, 6) is -0.331. The fourth-order valence-corrected chi connectivity index (χ4v) is 5.02. The second-order valence-corrected chi connectivity index (χ2v) is 9.59. The number of thioether (sulfide) groups is 1. The van der Waals surface area contributed by atoms with E-state index >= 15 is 0 Å². The fraction of sp³-hybridized carbons (Fsp3) is 0.208. The molecule has 34 heavy (non-hydrogen) atoms. The normalized spacial score (nSPS) is 11.1. The number of imidazole rings is 1. The van der Waals surface area contributed by atoms with Gasteiger partial charge in [0.25, 0.3) is 5.91 Å². The molecule has 10 heteroatoms. The van der Waals surface area contributed by atoms with Crippen molar-refractivity contribution in [3.63, 3.8) is 0 Å². The van der Waals surface area contributed by atoms with Crippen LogP contribution < -0.4 is 0 Å². The molecule has 0 N–H and O–H groups in total. The van der Waals surface area contributed by atoms with E-state index in [1.165, 1.54) is 24.0 Å². The zero-order valence-electron chi connectivity index (χ0n) is 18.8. The molecule has 0 atom stereocenters.